The van der Waals surface area contributed by atoms with Crippen molar-refractivity contribution in [3.8, 4) is 0 Å². The lowest BCUT2D eigenvalue weighted by Crippen LogP contribution is -2.47. The van der Waals surface area contributed by atoms with Gasteiger partial charge in [-0.25, -0.2) is 8.78 Å². The highest BCUT2D eigenvalue weighted by Gasteiger charge is 2.41. The molecule has 2 amide bonds. The van der Waals surface area contributed by atoms with Gasteiger partial charge in [0.2, 0.25) is 5.91 Å². The molecule has 2 heterocycles. The van der Waals surface area contributed by atoms with Crippen LogP contribution in [-0.2, 0) is 14.4 Å². The Bertz CT molecular complexity index is 1110. The lowest BCUT2D eigenvalue weighted by Gasteiger charge is -2.27. The SMILES string of the molecule is CC(=O)C1CC(C(=O)C(C)C)N(C(=O)CN(C)C(=O)c2cc3c(F)cc(F)c(C)c3[nH]2)C1. The van der Waals surface area contributed by atoms with Gasteiger partial charge in [0.1, 0.15) is 23.1 Å². The fourth-order valence-corrected chi connectivity index (χ4v) is 4.10. The third-order valence-electron chi connectivity index (χ3n) is 6.11. The molecule has 0 spiro atoms. The van der Waals surface area contributed by atoms with E-state index in [-0.39, 0.29) is 59.2 Å². The number of rotatable bonds is 6. The van der Waals surface area contributed by atoms with Gasteiger partial charge in [0.15, 0.2) is 5.78 Å². The van der Waals surface area contributed by atoms with E-state index < -0.39 is 35.4 Å². The van der Waals surface area contributed by atoms with Crippen LogP contribution >= 0.6 is 0 Å². The van der Waals surface area contributed by atoms with Crippen molar-refractivity contribution in [1.29, 1.82) is 0 Å². The summed E-state index contributed by atoms with van der Waals surface area (Å²) < 4.78 is 27.9. The molecule has 1 aliphatic rings. The van der Waals surface area contributed by atoms with E-state index in [1.54, 1.807) is 13.8 Å². The number of H-pyrrole nitrogens is 1. The van der Waals surface area contributed by atoms with Crippen molar-refractivity contribution >= 4 is 34.3 Å². The number of ketones is 2. The molecule has 1 fully saturated rings. The van der Waals surface area contributed by atoms with Crippen LogP contribution in [0.4, 0.5) is 8.78 Å². The average molecular weight is 447 g/mol. The number of aromatic amines is 1. The van der Waals surface area contributed by atoms with Crippen LogP contribution in [-0.4, -0.2) is 64.3 Å². The summed E-state index contributed by atoms with van der Waals surface area (Å²) in [7, 11) is 1.41. The number of benzene rings is 1. The maximum atomic E-state index is 14.1. The van der Waals surface area contributed by atoms with Gasteiger partial charge < -0.3 is 14.8 Å². The zero-order valence-corrected chi connectivity index (χ0v) is 18.8. The van der Waals surface area contributed by atoms with Crippen molar-refractivity contribution in [2.45, 2.75) is 40.2 Å². The van der Waals surface area contributed by atoms with Gasteiger partial charge in [0.05, 0.1) is 18.1 Å². The monoisotopic (exact) mass is 447 g/mol. The molecule has 2 unspecified atom stereocenters. The number of fused-ring (bicyclic) bond motifs is 1. The largest absolute Gasteiger partial charge is 0.350 e. The van der Waals surface area contributed by atoms with E-state index in [0.717, 1.165) is 11.0 Å². The highest BCUT2D eigenvalue weighted by Crippen LogP contribution is 2.28. The molecule has 1 saturated heterocycles. The van der Waals surface area contributed by atoms with Gasteiger partial charge in [-0.2, -0.15) is 0 Å². The normalized spacial score (nSPS) is 18.4. The Morgan fingerprint density at radius 1 is 1.19 bits per heavy atom. The van der Waals surface area contributed by atoms with Gasteiger partial charge in [0.25, 0.3) is 5.91 Å². The van der Waals surface area contributed by atoms with Crippen LogP contribution in [0, 0.1) is 30.4 Å². The number of amides is 2. The van der Waals surface area contributed by atoms with Crippen molar-refractivity contribution in [3.63, 3.8) is 0 Å². The molecule has 0 radical (unpaired) electrons. The number of likely N-dealkylation sites (N-methyl/N-ethyl adjacent to an activating group) is 1. The molecule has 9 heteroatoms. The van der Waals surface area contributed by atoms with Crippen LogP contribution in [0.5, 0.6) is 0 Å². The quantitative estimate of drug-likeness (QED) is 0.737. The zero-order valence-electron chi connectivity index (χ0n) is 18.8. The smallest absolute Gasteiger partial charge is 0.270 e. The van der Waals surface area contributed by atoms with Gasteiger partial charge in [-0.3, -0.25) is 19.2 Å². The van der Waals surface area contributed by atoms with E-state index in [9.17, 15) is 28.0 Å². The molecule has 7 nitrogen and oxygen atoms in total. The van der Waals surface area contributed by atoms with Gasteiger partial charge in [-0.05, 0) is 26.3 Å². The first-order chi connectivity index (χ1) is 14.9. The Morgan fingerprint density at radius 3 is 2.44 bits per heavy atom. The first kappa shape index (κ1) is 23.6. The summed E-state index contributed by atoms with van der Waals surface area (Å²) in [6, 6.07) is 1.35. The standard InChI is InChI=1S/C23H27F2N3O4/c1-11(2)22(31)19-6-14(13(4)29)9-28(19)20(30)10-27(5)23(32)18-7-15-17(25)8-16(24)12(3)21(15)26-18/h7-8,11,14,19,26H,6,9-10H2,1-5H3. The van der Waals surface area contributed by atoms with Crippen LogP contribution in [0.2, 0.25) is 0 Å². The van der Waals surface area contributed by atoms with E-state index in [2.05, 4.69) is 4.98 Å². The number of aromatic nitrogens is 1. The second-order valence-corrected chi connectivity index (χ2v) is 8.76. The maximum Gasteiger partial charge on any atom is 0.270 e. The summed E-state index contributed by atoms with van der Waals surface area (Å²) in [5, 5.41) is 0.0819. The molecule has 172 valence electrons. The Hall–Kier alpha value is -3.10. The number of hydrogen-bond acceptors (Lipinski definition) is 4. The molecule has 2 aromatic rings. The third kappa shape index (κ3) is 4.28. The van der Waals surface area contributed by atoms with Crippen LogP contribution in [0.1, 0.15) is 43.2 Å². The number of nitrogens with one attached hydrogen (secondary N) is 1. The summed E-state index contributed by atoms with van der Waals surface area (Å²) in [6.45, 7) is 6.19. The Balaban J connectivity index is 1.80. The van der Waals surface area contributed by atoms with Gasteiger partial charge >= 0.3 is 0 Å². The molecule has 2 atom stereocenters. The van der Waals surface area contributed by atoms with E-state index in [0.29, 0.717) is 0 Å². The molecular weight excluding hydrogens is 420 g/mol. The fraction of sp³-hybridized carbons (Fsp3) is 0.478. The van der Waals surface area contributed by atoms with Crippen molar-refractivity contribution < 1.29 is 28.0 Å². The number of carbonyl (C=O) groups is 4. The Kier molecular flexibility index (Phi) is 6.48. The maximum absolute atomic E-state index is 14.1. The van der Waals surface area contributed by atoms with E-state index in [4.69, 9.17) is 0 Å². The van der Waals surface area contributed by atoms with Crippen molar-refractivity contribution in [1.82, 2.24) is 14.8 Å². The third-order valence-corrected chi connectivity index (χ3v) is 6.11. The molecular formula is C23H27F2N3O4. The predicted molar refractivity (Wildman–Crippen MR) is 114 cm³/mol. The average Bonchev–Trinajstić information content (AvgIpc) is 3.36. The fourth-order valence-electron chi connectivity index (χ4n) is 4.10. The van der Waals surface area contributed by atoms with Crippen LogP contribution in [0.25, 0.3) is 10.9 Å². The molecule has 1 aromatic heterocycles. The van der Waals surface area contributed by atoms with Crippen molar-refractivity contribution in [3.05, 3.63) is 35.0 Å². The molecule has 1 aromatic carbocycles. The summed E-state index contributed by atoms with van der Waals surface area (Å²) in [6.07, 6.45) is 0.280. The summed E-state index contributed by atoms with van der Waals surface area (Å²) in [5.74, 6) is -3.48. The van der Waals surface area contributed by atoms with Crippen LogP contribution < -0.4 is 0 Å². The second kappa shape index (κ2) is 8.80. The minimum Gasteiger partial charge on any atom is -0.350 e. The zero-order chi connectivity index (χ0) is 23.9. The molecule has 32 heavy (non-hydrogen) atoms. The van der Waals surface area contributed by atoms with E-state index >= 15 is 0 Å². The molecule has 1 N–H and O–H groups in total. The minimum atomic E-state index is -0.792. The summed E-state index contributed by atoms with van der Waals surface area (Å²) in [5.41, 5.74) is 0.374. The van der Waals surface area contributed by atoms with Gasteiger partial charge in [-0.15, -0.1) is 0 Å². The summed E-state index contributed by atoms with van der Waals surface area (Å²) in [4.78, 5) is 55.5. The predicted octanol–water partition coefficient (Wildman–Crippen LogP) is 2.86. The van der Waals surface area contributed by atoms with Crippen molar-refractivity contribution in [2.75, 3.05) is 20.1 Å². The summed E-state index contributed by atoms with van der Waals surface area (Å²) >= 11 is 0. The van der Waals surface area contributed by atoms with Gasteiger partial charge in [-0.1, -0.05) is 13.8 Å². The lowest BCUT2D eigenvalue weighted by molar-refractivity contribution is -0.139. The number of carbonyl (C=O) groups excluding carboxylic acids is 4. The Labute approximate surface area is 184 Å². The molecule has 0 saturated carbocycles. The van der Waals surface area contributed by atoms with E-state index in [1.165, 1.54) is 31.9 Å². The first-order valence-corrected chi connectivity index (χ1v) is 10.5. The molecule has 0 aliphatic carbocycles. The lowest BCUT2D eigenvalue weighted by atomic mass is 9.95. The number of aryl methyl sites for hydroxylation is 1. The Morgan fingerprint density at radius 2 is 1.84 bits per heavy atom. The number of Topliss-reactive ketones (excluding diaryl/α,β-unsaturated/α-hetero) is 2. The van der Waals surface area contributed by atoms with Gasteiger partial charge in [0, 0.05) is 42.4 Å². The van der Waals surface area contributed by atoms with Crippen LogP contribution in [0.15, 0.2) is 12.1 Å². The van der Waals surface area contributed by atoms with Crippen molar-refractivity contribution in [2.24, 2.45) is 11.8 Å². The van der Waals surface area contributed by atoms with Crippen LogP contribution in [0.3, 0.4) is 0 Å². The highest BCUT2D eigenvalue weighted by molar-refractivity contribution is 6.00. The number of likely N-dealkylation sites (tertiary alicyclic amines) is 1. The van der Waals surface area contributed by atoms with E-state index in [1.807, 2.05) is 0 Å². The molecule has 1 aliphatic heterocycles. The number of hydrogen-bond donors (Lipinski definition) is 1. The molecule has 0 bridgehead atoms. The topological polar surface area (TPSA) is 90.6 Å². The minimum absolute atomic E-state index is 0.0146. The molecule has 3 rings (SSSR count). The number of nitrogens with zero attached hydrogens (tertiary/aromatic N) is 2. The number of halogens is 2. The highest BCUT2D eigenvalue weighted by atomic mass is 19.1. The second-order valence-electron chi connectivity index (χ2n) is 8.76. The first-order valence-electron chi connectivity index (χ1n) is 10.5.